The van der Waals surface area contributed by atoms with Crippen molar-refractivity contribution >= 4 is 5.97 Å². The quantitative estimate of drug-likeness (QED) is 0.161. The molecule has 0 spiro atoms. The molecule has 36 heavy (non-hydrogen) atoms. The maximum atomic E-state index is 12.2. The summed E-state index contributed by atoms with van der Waals surface area (Å²) in [5.74, 6) is 0.802. The number of benzene rings is 1. The zero-order chi connectivity index (χ0) is 26.4. The van der Waals surface area contributed by atoms with Crippen LogP contribution in [0.2, 0.25) is 0 Å². The predicted octanol–water partition coefficient (Wildman–Crippen LogP) is 9.07. The molecule has 1 aromatic carbocycles. The van der Waals surface area contributed by atoms with Crippen molar-refractivity contribution in [2.24, 2.45) is 0 Å². The van der Waals surface area contributed by atoms with Gasteiger partial charge in [0.25, 0.3) is 0 Å². The smallest absolute Gasteiger partial charge is 0.310 e. The molecule has 1 unspecified atom stereocenters. The number of fused-ring (bicyclic) bond motifs is 1. The summed E-state index contributed by atoms with van der Waals surface area (Å²) in [7, 11) is 0. The van der Waals surface area contributed by atoms with Crippen LogP contribution in [0.3, 0.4) is 0 Å². The molecule has 0 aliphatic carbocycles. The SMILES string of the molecule is CCCCCCCCCCCCCCCCC1(C)CCc2c(CC(=O)OCC)c(O)c(C)c(C)c2O1. The number of phenols is 1. The minimum atomic E-state index is -0.297. The summed E-state index contributed by atoms with van der Waals surface area (Å²) in [5.41, 5.74) is 3.28. The Balaban J connectivity index is 1.71. The van der Waals surface area contributed by atoms with Gasteiger partial charge in [0.1, 0.15) is 17.1 Å². The molecule has 0 radical (unpaired) electrons. The van der Waals surface area contributed by atoms with Gasteiger partial charge in [0.05, 0.1) is 13.0 Å². The van der Waals surface area contributed by atoms with Crippen molar-refractivity contribution in [2.75, 3.05) is 6.61 Å². The average molecular weight is 503 g/mol. The summed E-state index contributed by atoms with van der Waals surface area (Å²) in [5, 5.41) is 10.8. The standard InChI is InChI=1S/C32H54O4/c1-6-8-9-10-11-12-13-14-15-16-17-18-19-20-22-32(5)23-21-27-28(24-29(33)35-7-2)30(34)25(3)26(4)31(27)36-32/h34H,6-24H2,1-5H3. The first-order valence-corrected chi connectivity index (χ1v) is 15.0. The van der Waals surface area contributed by atoms with E-state index < -0.39 is 0 Å². The van der Waals surface area contributed by atoms with E-state index >= 15 is 0 Å². The van der Waals surface area contributed by atoms with Crippen LogP contribution < -0.4 is 4.74 Å². The highest BCUT2D eigenvalue weighted by atomic mass is 16.5. The van der Waals surface area contributed by atoms with Gasteiger partial charge in [-0.2, -0.15) is 0 Å². The van der Waals surface area contributed by atoms with Crippen molar-refractivity contribution in [1.29, 1.82) is 0 Å². The van der Waals surface area contributed by atoms with Gasteiger partial charge in [-0.25, -0.2) is 0 Å². The molecule has 0 saturated heterocycles. The number of aromatic hydroxyl groups is 1. The molecular formula is C32H54O4. The van der Waals surface area contributed by atoms with Crippen molar-refractivity contribution in [1.82, 2.24) is 0 Å². The molecule has 0 fully saturated rings. The lowest BCUT2D eigenvalue weighted by molar-refractivity contribution is -0.142. The number of carbonyl (C=O) groups excluding carboxylic acids is 1. The summed E-state index contributed by atoms with van der Waals surface area (Å²) in [4.78, 5) is 12.2. The largest absolute Gasteiger partial charge is 0.507 e. The van der Waals surface area contributed by atoms with E-state index in [0.29, 0.717) is 12.2 Å². The van der Waals surface area contributed by atoms with Crippen LogP contribution >= 0.6 is 0 Å². The van der Waals surface area contributed by atoms with E-state index in [0.717, 1.165) is 41.7 Å². The van der Waals surface area contributed by atoms with Gasteiger partial charge in [0.15, 0.2) is 0 Å². The molecule has 4 heteroatoms. The van der Waals surface area contributed by atoms with Gasteiger partial charge in [-0.1, -0.05) is 90.4 Å². The molecule has 206 valence electrons. The minimum Gasteiger partial charge on any atom is -0.507 e. The van der Waals surface area contributed by atoms with E-state index in [2.05, 4.69) is 13.8 Å². The second kappa shape index (κ2) is 16.2. The normalized spacial score (nSPS) is 17.0. The molecule has 0 saturated carbocycles. The van der Waals surface area contributed by atoms with Gasteiger partial charge in [-0.3, -0.25) is 4.79 Å². The van der Waals surface area contributed by atoms with Crippen molar-refractivity contribution in [3.63, 3.8) is 0 Å². The van der Waals surface area contributed by atoms with Crippen LogP contribution in [-0.4, -0.2) is 23.3 Å². The Morgan fingerprint density at radius 2 is 1.39 bits per heavy atom. The fraction of sp³-hybridized carbons (Fsp3) is 0.781. The molecule has 1 atom stereocenters. The number of unbranched alkanes of at least 4 members (excludes halogenated alkanes) is 13. The van der Waals surface area contributed by atoms with Gasteiger partial charge in [0.2, 0.25) is 0 Å². The number of rotatable bonds is 18. The Morgan fingerprint density at radius 1 is 0.861 bits per heavy atom. The third-order valence-corrected chi connectivity index (χ3v) is 8.12. The topological polar surface area (TPSA) is 55.8 Å². The highest BCUT2D eigenvalue weighted by molar-refractivity contribution is 5.76. The summed E-state index contributed by atoms with van der Waals surface area (Å²) in [6, 6.07) is 0. The fourth-order valence-electron chi connectivity index (χ4n) is 5.59. The highest BCUT2D eigenvalue weighted by Crippen LogP contribution is 2.45. The Hall–Kier alpha value is -1.71. The molecule has 1 aliphatic rings. The van der Waals surface area contributed by atoms with Crippen LogP contribution in [0.4, 0.5) is 0 Å². The molecular weight excluding hydrogens is 448 g/mol. The molecule has 0 amide bonds. The maximum absolute atomic E-state index is 12.2. The van der Waals surface area contributed by atoms with Gasteiger partial charge in [-0.05, 0) is 64.5 Å². The third-order valence-electron chi connectivity index (χ3n) is 8.12. The summed E-state index contributed by atoms with van der Waals surface area (Å²) >= 11 is 0. The Labute approximate surface area is 221 Å². The number of phenolic OH excluding ortho intramolecular Hbond substituents is 1. The number of carbonyl (C=O) groups is 1. The molecule has 1 N–H and O–H groups in total. The molecule has 1 heterocycles. The van der Waals surface area contributed by atoms with E-state index in [1.165, 1.54) is 89.9 Å². The van der Waals surface area contributed by atoms with E-state index in [1.807, 2.05) is 13.8 Å². The Morgan fingerprint density at radius 3 is 1.92 bits per heavy atom. The van der Waals surface area contributed by atoms with Crippen LogP contribution in [0.25, 0.3) is 0 Å². The minimum absolute atomic E-state index is 0.0994. The Bertz CT molecular complexity index is 800. The predicted molar refractivity (Wildman–Crippen MR) is 150 cm³/mol. The van der Waals surface area contributed by atoms with E-state index in [9.17, 15) is 9.90 Å². The summed E-state index contributed by atoms with van der Waals surface area (Å²) in [6.45, 7) is 10.6. The number of esters is 1. The van der Waals surface area contributed by atoms with Crippen molar-refractivity contribution in [3.05, 3.63) is 22.3 Å². The molecule has 0 bridgehead atoms. The number of ether oxygens (including phenoxy) is 2. The van der Waals surface area contributed by atoms with Gasteiger partial charge >= 0.3 is 5.97 Å². The average Bonchev–Trinajstić information content (AvgIpc) is 2.86. The van der Waals surface area contributed by atoms with Gasteiger partial charge in [-0.15, -0.1) is 0 Å². The van der Waals surface area contributed by atoms with Crippen LogP contribution in [-0.2, 0) is 22.4 Å². The first-order chi connectivity index (χ1) is 17.3. The molecule has 1 aromatic rings. The van der Waals surface area contributed by atoms with Gasteiger partial charge < -0.3 is 14.6 Å². The fourth-order valence-corrected chi connectivity index (χ4v) is 5.59. The molecule has 0 aromatic heterocycles. The van der Waals surface area contributed by atoms with Crippen LogP contribution in [0.5, 0.6) is 11.5 Å². The van der Waals surface area contributed by atoms with Crippen molar-refractivity contribution in [3.8, 4) is 11.5 Å². The maximum Gasteiger partial charge on any atom is 0.310 e. The lowest BCUT2D eigenvalue weighted by Gasteiger charge is -2.38. The van der Waals surface area contributed by atoms with Crippen LogP contribution in [0.1, 0.15) is 146 Å². The Kier molecular flexibility index (Phi) is 13.7. The first kappa shape index (κ1) is 30.5. The monoisotopic (exact) mass is 502 g/mol. The van der Waals surface area contributed by atoms with E-state index in [-0.39, 0.29) is 23.7 Å². The third kappa shape index (κ3) is 9.63. The second-order valence-electron chi connectivity index (χ2n) is 11.3. The van der Waals surface area contributed by atoms with Crippen molar-refractivity contribution < 1.29 is 19.4 Å². The first-order valence-electron chi connectivity index (χ1n) is 15.0. The lowest BCUT2D eigenvalue weighted by atomic mass is 9.83. The molecule has 4 nitrogen and oxygen atoms in total. The van der Waals surface area contributed by atoms with E-state index in [4.69, 9.17) is 9.47 Å². The highest BCUT2D eigenvalue weighted by Gasteiger charge is 2.35. The van der Waals surface area contributed by atoms with Crippen LogP contribution in [0, 0.1) is 13.8 Å². The van der Waals surface area contributed by atoms with Gasteiger partial charge in [0, 0.05) is 11.1 Å². The zero-order valence-electron chi connectivity index (χ0n) is 24.1. The van der Waals surface area contributed by atoms with Crippen molar-refractivity contribution in [2.45, 2.75) is 156 Å². The number of hydrogen-bond donors (Lipinski definition) is 1. The molecule has 1 aliphatic heterocycles. The zero-order valence-corrected chi connectivity index (χ0v) is 24.1. The van der Waals surface area contributed by atoms with E-state index in [1.54, 1.807) is 6.92 Å². The second-order valence-corrected chi connectivity index (χ2v) is 11.3. The number of hydrogen-bond acceptors (Lipinski definition) is 4. The summed E-state index contributed by atoms with van der Waals surface area (Å²) in [6.07, 6.45) is 22.1. The van der Waals surface area contributed by atoms with Crippen LogP contribution in [0.15, 0.2) is 0 Å². The summed E-state index contributed by atoms with van der Waals surface area (Å²) < 4.78 is 11.8. The molecule has 2 rings (SSSR count). The lowest BCUT2D eigenvalue weighted by Crippen LogP contribution is -2.37.